The van der Waals surface area contributed by atoms with Gasteiger partial charge in [-0.25, -0.2) is 0 Å². The first-order chi connectivity index (χ1) is 8.61. The van der Waals surface area contributed by atoms with Gasteiger partial charge in [0.2, 0.25) is 0 Å². The molecule has 2 rings (SSSR count). The minimum atomic E-state index is -0.622. The Hall–Kier alpha value is -1.74. The molecule has 1 N–H and O–H groups in total. The number of rotatable bonds is 5. The summed E-state index contributed by atoms with van der Waals surface area (Å²) in [5.41, 5.74) is 0.677. The second-order valence-electron chi connectivity index (χ2n) is 3.33. The molecule has 0 radical (unpaired) electrons. The summed E-state index contributed by atoms with van der Waals surface area (Å²) in [6.07, 6.45) is 1.40. The first kappa shape index (κ1) is 12.7. The summed E-state index contributed by atoms with van der Waals surface area (Å²) in [4.78, 5) is 9.99. The fraction of sp³-hybridized carbons (Fsp3) is 0.375. The quantitative estimate of drug-likeness (QED) is 0.665. The van der Waals surface area contributed by atoms with Gasteiger partial charge in [0.1, 0.15) is 17.2 Å². The van der Waals surface area contributed by atoms with Crippen LogP contribution in [-0.4, -0.2) is 30.8 Å². The number of nitro groups is 1. The summed E-state index contributed by atoms with van der Waals surface area (Å²) in [7, 11) is 0. The molecule has 0 aliphatic carbocycles. The lowest BCUT2D eigenvalue weighted by atomic mass is 10.4. The molecule has 0 spiro atoms. The van der Waals surface area contributed by atoms with Gasteiger partial charge >= 0.3 is 5.82 Å². The van der Waals surface area contributed by atoms with Crippen molar-refractivity contribution in [3.63, 3.8) is 0 Å². The molecular formula is C8H9ClN6O2S. The van der Waals surface area contributed by atoms with Crippen molar-refractivity contribution < 1.29 is 4.92 Å². The molecule has 10 heteroatoms. The highest BCUT2D eigenvalue weighted by atomic mass is 35.5. The van der Waals surface area contributed by atoms with E-state index in [4.69, 9.17) is 11.6 Å². The summed E-state index contributed by atoms with van der Waals surface area (Å²) in [6.45, 7) is 2.99. The van der Waals surface area contributed by atoms with Gasteiger partial charge in [-0.15, -0.1) is 5.10 Å². The normalized spacial score (nSPS) is 10.6. The van der Waals surface area contributed by atoms with E-state index in [1.165, 1.54) is 22.4 Å². The highest BCUT2D eigenvalue weighted by molar-refractivity contribution is 7.10. The number of anilines is 1. The van der Waals surface area contributed by atoms with Crippen molar-refractivity contribution in [2.45, 2.75) is 13.5 Å². The minimum Gasteiger partial charge on any atom is -0.374 e. The number of hydrogen-bond donors (Lipinski definition) is 1. The Labute approximate surface area is 111 Å². The predicted molar refractivity (Wildman–Crippen MR) is 67.1 cm³/mol. The molecule has 0 fully saturated rings. The maximum atomic E-state index is 10.6. The maximum absolute atomic E-state index is 10.6. The number of nitrogens with one attached hydrogen (secondary N) is 1. The van der Waals surface area contributed by atoms with E-state index < -0.39 is 4.92 Å². The molecule has 2 aromatic heterocycles. The third-order valence-corrected chi connectivity index (χ3v) is 3.07. The van der Waals surface area contributed by atoms with Gasteiger partial charge in [0.05, 0.1) is 11.3 Å². The van der Waals surface area contributed by atoms with Gasteiger partial charge in [-0.05, 0) is 11.8 Å². The van der Waals surface area contributed by atoms with Crippen LogP contribution in [0.1, 0.15) is 12.6 Å². The van der Waals surface area contributed by atoms with Crippen LogP contribution in [-0.2, 0) is 6.54 Å². The van der Waals surface area contributed by atoms with E-state index in [-0.39, 0.29) is 17.4 Å². The van der Waals surface area contributed by atoms with Crippen molar-refractivity contribution in [2.24, 2.45) is 0 Å². The molecule has 0 amide bonds. The summed E-state index contributed by atoms with van der Waals surface area (Å²) in [5.74, 6) is -0.357. The van der Waals surface area contributed by atoms with Crippen LogP contribution in [0.25, 0.3) is 0 Å². The van der Waals surface area contributed by atoms with Gasteiger partial charge in [0.25, 0.3) is 0 Å². The van der Waals surface area contributed by atoms with E-state index >= 15 is 0 Å². The van der Waals surface area contributed by atoms with Gasteiger partial charge in [-0.3, -0.25) is 0 Å². The summed E-state index contributed by atoms with van der Waals surface area (Å²) < 4.78 is 5.20. The first-order valence-corrected chi connectivity index (χ1v) is 6.19. The number of nitrogens with zero attached hydrogens (tertiary/aromatic N) is 5. The molecule has 0 saturated carbocycles. The lowest BCUT2D eigenvalue weighted by Gasteiger charge is -1.99. The highest BCUT2D eigenvalue weighted by Crippen LogP contribution is 2.23. The minimum absolute atomic E-state index is 0.00758. The molecule has 8 nitrogen and oxygen atoms in total. The molecule has 0 aliphatic heterocycles. The van der Waals surface area contributed by atoms with Gasteiger partial charge in [0, 0.05) is 18.1 Å². The van der Waals surface area contributed by atoms with Gasteiger partial charge in [-0.1, -0.05) is 16.1 Å². The highest BCUT2D eigenvalue weighted by Gasteiger charge is 2.20. The molecule has 2 heterocycles. The van der Waals surface area contributed by atoms with Crippen molar-refractivity contribution in [1.29, 1.82) is 0 Å². The van der Waals surface area contributed by atoms with Crippen LogP contribution in [0.4, 0.5) is 10.8 Å². The van der Waals surface area contributed by atoms with Crippen LogP contribution in [0, 0.1) is 10.1 Å². The lowest BCUT2D eigenvalue weighted by molar-refractivity contribution is -0.389. The van der Waals surface area contributed by atoms with Crippen LogP contribution >= 0.6 is 23.1 Å². The molecule has 0 bridgehead atoms. The Kier molecular flexibility index (Phi) is 3.72. The topological polar surface area (TPSA) is 98.8 Å². The third kappa shape index (κ3) is 2.57. The van der Waals surface area contributed by atoms with E-state index in [9.17, 15) is 10.1 Å². The summed E-state index contributed by atoms with van der Waals surface area (Å²) >= 11 is 6.94. The zero-order valence-corrected chi connectivity index (χ0v) is 10.9. The molecular weight excluding hydrogens is 280 g/mol. The average molecular weight is 289 g/mol. The van der Waals surface area contributed by atoms with Crippen molar-refractivity contribution in [3.8, 4) is 0 Å². The molecule has 0 aliphatic rings. The van der Waals surface area contributed by atoms with Gasteiger partial charge < -0.3 is 15.4 Å². The monoisotopic (exact) mass is 288 g/mol. The van der Waals surface area contributed by atoms with Crippen LogP contribution in [0.2, 0.25) is 5.02 Å². The molecule has 0 saturated heterocycles. The van der Waals surface area contributed by atoms with Gasteiger partial charge in [-0.2, -0.15) is 4.68 Å². The standard InChI is InChI=1S/C8H9ClN6O2S/c1-2-10-8-6(11-13-18-8)4-14-3-5(9)7(12-14)15(16)17/h3,10H,2,4H2,1H3. The Morgan fingerprint density at radius 2 is 2.44 bits per heavy atom. The van der Waals surface area contributed by atoms with E-state index in [0.29, 0.717) is 5.69 Å². The molecule has 0 atom stereocenters. The second-order valence-corrected chi connectivity index (χ2v) is 4.50. The van der Waals surface area contributed by atoms with Crippen LogP contribution in [0.5, 0.6) is 0 Å². The average Bonchev–Trinajstić information content (AvgIpc) is 2.87. The number of hydrogen-bond acceptors (Lipinski definition) is 7. The molecule has 0 unspecified atom stereocenters. The lowest BCUT2D eigenvalue weighted by Crippen LogP contribution is -2.05. The maximum Gasteiger partial charge on any atom is 0.408 e. The smallest absolute Gasteiger partial charge is 0.374 e. The molecule has 2 aromatic rings. The number of aromatic nitrogens is 4. The Morgan fingerprint density at radius 3 is 3.06 bits per heavy atom. The van der Waals surface area contributed by atoms with E-state index in [0.717, 1.165) is 11.5 Å². The Bertz CT molecular complexity index is 568. The van der Waals surface area contributed by atoms with Crippen molar-refractivity contribution in [3.05, 3.63) is 27.0 Å². The third-order valence-electron chi connectivity index (χ3n) is 2.08. The largest absolute Gasteiger partial charge is 0.408 e. The number of halogens is 1. The Morgan fingerprint density at radius 1 is 1.67 bits per heavy atom. The van der Waals surface area contributed by atoms with Crippen LogP contribution < -0.4 is 5.32 Å². The molecule has 96 valence electrons. The fourth-order valence-electron chi connectivity index (χ4n) is 1.35. The zero-order chi connectivity index (χ0) is 13.1. The van der Waals surface area contributed by atoms with Crippen molar-refractivity contribution in [2.75, 3.05) is 11.9 Å². The van der Waals surface area contributed by atoms with Crippen molar-refractivity contribution in [1.82, 2.24) is 19.4 Å². The van der Waals surface area contributed by atoms with E-state index in [1.807, 2.05) is 6.92 Å². The van der Waals surface area contributed by atoms with Crippen LogP contribution in [0.3, 0.4) is 0 Å². The van der Waals surface area contributed by atoms with Crippen LogP contribution in [0.15, 0.2) is 6.20 Å². The van der Waals surface area contributed by atoms with Crippen molar-refractivity contribution >= 4 is 34.0 Å². The van der Waals surface area contributed by atoms with E-state index in [1.54, 1.807) is 0 Å². The Balaban J connectivity index is 2.21. The van der Waals surface area contributed by atoms with Gasteiger partial charge in [0.15, 0.2) is 5.02 Å². The molecule has 0 aromatic carbocycles. The predicted octanol–water partition coefficient (Wildman–Crippen LogP) is 1.78. The first-order valence-electron chi connectivity index (χ1n) is 5.04. The molecule has 18 heavy (non-hydrogen) atoms. The second kappa shape index (κ2) is 5.27. The summed E-state index contributed by atoms with van der Waals surface area (Å²) in [5, 5.41) is 22.3. The SMILES string of the molecule is CCNc1snnc1Cn1cc(Cl)c([N+](=O)[O-])n1. The van der Waals surface area contributed by atoms with E-state index in [2.05, 4.69) is 20.0 Å². The zero-order valence-electron chi connectivity index (χ0n) is 9.33. The fourth-order valence-corrected chi connectivity index (χ4v) is 2.21. The summed E-state index contributed by atoms with van der Waals surface area (Å²) in [6, 6.07) is 0.